The zero-order valence-corrected chi connectivity index (χ0v) is 22.6. The molecule has 0 fully saturated rings. The van der Waals surface area contributed by atoms with E-state index in [2.05, 4.69) is 36.6 Å². The van der Waals surface area contributed by atoms with Gasteiger partial charge in [0.15, 0.2) is 0 Å². The highest BCUT2D eigenvalue weighted by Gasteiger charge is 2.15. The van der Waals surface area contributed by atoms with Crippen LogP contribution in [0.5, 0.6) is 11.5 Å². The van der Waals surface area contributed by atoms with Crippen molar-refractivity contribution in [1.82, 2.24) is 10.7 Å². The Morgan fingerprint density at radius 3 is 2.54 bits per heavy atom. The first-order valence-corrected chi connectivity index (χ1v) is 13.1. The van der Waals surface area contributed by atoms with Crippen molar-refractivity contribution < 1.29 is 24.1 Å². The average Bonchev–Trinajstić information content (AvgIpc) is 2.87. The van der Waals surface area contributed by atoms with Crippen molar-refractivity contribution in [3.63, 3.8) is 0 Å². The summed E-state index contributed by atoms with van der Waals surface area (Å²) >= 11 is 6.36. The van der Waals surface area contributed by atoms with Gasteiger partial charge in [-0.25, -0.2) is 5.43 Å². The molecular weight excluding hydrogens is 494 g/mol. The van der Waals surface area contributed by atoms with Crippen LogP contribution >= 0.6 is 11.6 Å². The summed E-state index contributed by atoms with van der Waals surface area (Å²) in [6.45, 7) is 8.63. The van der Waals surface area contributed by atoms with Gasteiger partial charge in [-0.15, -0.1) is 0 Å². The van der Waals surface area contributed by atoms with Crippen LogP contribution in [0.4, 0.5) is 0 Å². The van der Waals surface area contributed by atoms with E-state index in [1.54, 1.807) is 0 Å². The van der Waals surface area contributed by atoms with Crippen LogP contribution in [0.25, 0.3) is 0 Å². The zero-order chi connectivity index (χ0) is 26.7. The van der Waals surface area contributed by atoms with Crippen molar-refractivity contribution >= 4 is 23.2 Å². The van der Waals surface area contributed by atoms with Crippen LogP contribution in [0.3, 0.4) is 0 Å². The summed E-state index contributed by atoms with van der Waals surface area (Å²) in [5.41, 5.74) is 5.31. The minimum atomic E-state index is -0.561. The molecule has 0 aromatic heterocycles. The van der Waals surface area contributed by atoms with E-state index in [1.165, 1.54) is 0 Å². The molecule has 1 heterocycles. The number of hydrogen-bond donors (Lipinski definition) is 3. The Morgan fingerprint density at radius 2 is 1.86 bits per heavy atom. The fraction of sp³-hybridized carbons (Fsp3) is 0.500. The number of carbonyl (C=O) groups is 1. The molecule has 1 atom stereocenters. The van der Waals surface area contributed by atoms with E-state index in [4.69, 9.17) is 25.8 Å². The van der Waals surface area contributed by atoms with Crippen LogP contribution in [-0.4, -0.2) is 61.3 Å². The van der Waals surface area contributed by atoms with Gasteiger partial charge < -0.3 is 24.6 Å². The lowest BCUT2D eigenvalue weighted by molar-refractivity contribution is -0.121. The smallest absolute Gasteiger partial charge is 0.240 e. The lowest BCUT2D eigenvalue weighted by Gasteiger charge is -2.23. The van der Waals surface area contributed by atoms with Gasteiger partial charge in [-0.2, -0.15) is 5.10 Å². The van der Waals surface area contributed by atoms with Crippen molar-refractivity contribution in [3.8, 4) is 11.5 Å². The maximum Gasteiger partial charge on any atom is 0.240 e. The van der Waals surface area contributed by atoms with E-state index < -0.39 is 6.10 Å². The molecule has 1 amide bonds. The Morgan fingerprint density at radius 1 is 1.08 bits per heavy atom. The topological polar surface area (TPSA) is 101 Å². The number of aliphatic hydroxyl groups excluding tert-OH is 1. The van der Waals surface area contributed by atoms with E-state index in [0.717, 1.165) is 35.4 Å². The molecule has 2 aromatic rings. The summed E-state index contributed by atoms with van der Waals surface area (Å²) in [6.07, 6.45) is 2.01. The Bertz CT molecular complexity index is 1040. The Labute approximate surface area is 224 Å². The highest BCUT2D eigenvalue weighted by Crippen LogP contribution is 2.27. The zero-order valence-electron chi connectivity index (χ0n) is 21.9. The predicted octanol–water partition coefficient (Wildman–Crippen LogP) is 4.11. The molecule has 9 heteroatoms. The number of ether oxygens (including phenoxy) is 3. The lowest BCUT2D eigenvalue weighted by atomic mass is 10.0. The van der Waals surface area contributed by atoms with Crippen LogP contribution in [-0.2, 0) is 16.0 Å². The second-order valence-electron chi connectivity index (χ2n) is 10.0. The Hall–Kier alpha value is -2.65. The second-order valence-corrected chi connectivity index (χ2v) is 10.4. The van der Waals surface area contributed by atoms with E-state index in [1.807, 2.05) is 42.5 Å². The molecule has 1 aliphatic rings. The fourth-order valence-electron chi connectivity index (χ4n) is 3.54. The van der Waals surface area contributed by atoms with E-state index in [0.29, 0.717) is 50.0 Å². The van der Waals surface area contributed by atoms with Gasteiger partial charge in [0, 0.05) is 38.0 Å². The van der Waals surface area contributed by atoms with Crippen LogP contribution in [0.2, 0.25) is 5.02 Å². The summed E-state index contributed by atoms with van der Waals surface area (Å²) in [5.74, 6) is 1.28. The average molecular weight is 532 g/mol. The van der Waals surface area contributed by atoms with Crippen LogP contribution < -0.4 is 20.2 Å². The molecule has 0 spiro atoms. The second kappa shape index (κ2) is 14.3. The number of hydrogen-bond acceptors (Lipinski definition) is 7. The predicted molar refractivity (Wildman–Crippen MR) is 146 cm³/mol. The number of rotatable bonds is 14. The molecule has 2 aromatic carbocycles. The first-order chi connectivity index (χ1) is 17.7. The summed E-state index contributed by atoms with van der Waals surface area (Å²) in [4.78, 5) is 11.2. The Kier molecular flexibility index (Phi) is 11.2. The Balaban J connectivity index is 1.27. The van der Waals surface area contributed by atoms with Crippen molar-refractivity contribution in [1.29, 1.82) is 0 Å². The summed E-state index contributed by atoms with van der Waals surface area (Å²) in [5, 5.41) is 17.9. The molecule has 0 saturated carbocycles. The first-order valence-electron chi connectivity index (χ1n) is 12.7. The lowest BCUT2D eigenvalue weighted by Crippen LogP contribution is -2.42. The van der Waals surface area contributed by atoms with Crippen LogP contribution in [0.1, 0.15) is 51.2 Å². The molecular formula is C28H38ClN3O5. The maximum atomic E-state index is 11.2. The van der Waals surface area contributed by atoms with Gasteiger partial charge in [0.2, 0.25) is 5.91 Å². The van der Waals surface area contributed by atoms with Gasteiger partial charge in [0.1, 0.15) is 24.2 Å². The molecule has 0 radical (unpaired) electrons. The minimum Gasteiger partial charge on any atom is -0.492 e. The van der Waals surface area contributed by atoms with Crippen molar-refractivity contribution in [3.05, 3.63) is 58.6 Å². The first kappa shape index (κ1) is 28.9. The summed E-state index contributed by atoms with van der Waals surface area (Å²) in [7, 11) is 0. The van der Waals surface area contributed by atoms with Gasteiger partial charge in [0.25, 0.3) is 0 Å². The van der Waals surface area contributed by atoms with Gasteiger partial charge >= 0.3 is 0 Å². The van der Waals surface area contributed by atoms with Gasteiger partial charge in [-0.1, -0.05) is 23.7 Å². The number of β-amino-alcohol motifs (C(OH)–C–C–N with tert-alkyl or cyclic N) is 1. The third-order valence-corrected chi connectivity index (χ3v) is 5.92. The minimum absolute atomic E-state index is 0.0362. The molecule has 0 unspecified atom stereocenters. The standard InChI is InChI=1S/C28H38ClN3O5/c1-28(2,3)30-18-22(33)19-37-23-8-5-20(6-9-23)13-16-35-14-4-15-36-26-11-7-21(17-24(26)29)25-10-12-27(34)32-31-25/h5-9,11,17,22,30,33H,4,10,12-16,18-19H2,1-3H3,(H,32,34)/t22-/m0/s1. The van der Waals surface area contributed by atoms with E-state index >= 15 is 0 Å². The fourth-order valence-corrected chi connectivity index (χ4v) is 3.78. The van der Waals surface area contributed by atoms with Crippen molar-refractivity contribution in [2.75, 3.05) is 33.0 Å². The van der Waals surface area contributed by atoms with Crippen molar-refractivity contribution in [2.45, 2.75) is 58.1 Å². The quantitative estimate of drug-likeness (QED) is 0.317. The number of benzene rings is 2. The summed E-state index contributed by atoms with van der Waals surface area (Å²) < 4.78 is 17.2. The number of carbonyl (C=O) groups excluding carboxylic acids is 1. The normalized spacial score (nSPS) is 14.6. The number of nitrogens with one attached hydrogen (secondary N) is 2. The van der Waals surface area contributed by atoms with Gasteiger partial charge in [-0.05, 0) is 68.7 Å². The maximum absolute atomic E-state index is 11.2. The molecule has 0 saturated heterocycles. The molecule has 3 rings (SSSR count). The SMILES string of the molecule is CC(C)(C)NC[C@H](O)COc1ccc(CCOCCCOc2ccc(C3=NNC(=O)CC3)cc2Cl)cc1. The highest BCUT2D eigenvalue weighted by molar-refractivity contribution is 6.32. The van der Waals surface area contributed by atoms with Crippen LogP contribution in [0, 0.1) is 0 Å². The number of halogens is 1. The van der Waals surface area contributed by atoms with Crippen molar-refractivity contribution in [2.24, 2.45) is 5.10 Å². The van der Waals surface area contributed by atoms with Gasteiger partial charge in [0.05, 0.1) is 23.9 Å². The molecule has 37 heavy (non-hydrogen) atoms. The number of hydrazone groups is 1. The number of amides is 1. The van der Waals surface area contributed by atoms with Crippen LogP contribution in [0.15, 0.2) is 47.6 Å². The monoisotopic (exact) mass is 531 g/mol. The molecule has 0 bridgehead atoms. The van der Waals surface area contributed by atoms with Gasteiger partial charge in [-0.3, -0.25) is 4.79 Å². The molecule has 3 N–H and O–H groups in total. The third kappa shape index (κ3) is 10.7. The van der Waals surface area contributed by atoms with E-state index in [9.17, 15) is 9.90 Å². The molecule has 1 aliphatic heterocycles. The summed E-state index contributed by atoms with van der Waals surface area (Å²) in [6, 6.07) is 13.4. The molecule has 202 valence electrons. The highest BCUT2D eigenvalue weighted by atomic mass is 35.5. The molecule has 0 aliphatic carbocycles. The molecule has 8 nitrogen and oxygen atoms in total. The largest absolute Gasteiger partial charge is 0.492 e. The van der Waals surface area contributed by atoms with E-state index in [-0.39, 0.29) is 18.1 Å². The number of aliphatic hydroxyl groups is 1. The third-order valence-electron chi connectivity index (χ3n) is 5.63. The number of nitrogens with zero attached hydrogens (tertiary/aromatic N) is 1.